The van der Waals surface area contributed by atoms with Gasteiger partial charge in [-0.25, -0.2) is 4.79 Å². The number of nitrogens with one attached hydrogen (secondary N) is 2. The second kappa shape index (κ2) is 9.32. The third kappa shape index (κ3) is 5.65. The molecule has 1 aromatic carbocycles. The standard InChI is InChI=1S/C20H24N2O4S/c1-5-26-20(25)16-10-17(12(2)3)27-19(16)22-18(24)11-21-15-8-6-7-14(9-15)13(4)23/h6-10,12,21H,5,11H2,1-4H3,(H,22,24). The minimum Gasteiger partial charge on any atom is -0.462 e. The summed E-state index contributed by atoms with van der Waals surface area (Å²) in [6.07, 6.45) is 0. The van der Waals surface area contributed by atoms with Crippen LogP contribution in [0.1, 0.15) is 59.2 Å². The fourth-order valence-corrected chi connectivity index (χ4v) is 3.41. The molecule has 2 N–H and O–H groups in total. The van der Waals surface area contributed by atoms with Crippen molar-refractivity contribution in [2.24, 2.45) is 0 Å². The molecule has 0 saturated heterocycles. The van der Waals surface area contributed by atoms with Crippen molar-refractivity contribution >= 4 is 39.7 Å². The van der Waals surface area contributed by atoms with E-state index in [-0.39, 0.29) is 30.8 Å². The molecule has 1 aromatic heterocycles. The maximum Gasteiger partial charge on any atom is 0.341 e. The minimum absolute atomic E-state index is 0.0124. The molecule has 7 heteroatoms. The summed E-state index contributed by atoms with van der Waals surface area (Å²) in [4.78, 5) is 36.9. The molecule has 6 nitrogen and oxygen atoms in total. The molecule has 0 radical (unpaired) electrons. The van der Waals surface area contributed by atoms with Crippen molar-refractivity contribution in [1.29, 1.82) is 0 Å². The molecular weight excluding hydrogens is 364 g/mol. The number of benzene rings is 1. The van der Waals surface area contributed by atoms with Crippen LogP contribution in [-0.4, -0.2) is 30.8 Å². The van der Waals surface area contributed by atoms with Gasteiger partial charge in [0.2, 0.25) is 5.91 Å². The average Bonchev–Trinajstić information content (AvgIpc) is 3.04. The first kappa shape index (κ1) is 20.6. The van der Waals surface area contributed by atoms with E-state index in [1.54, 1.807) is 37.3 Å². The van der Waals surface area contributed by atoms with Crippen molar-refractivity contribution in [3.8, 4) is 0 Å². The number of ketones is 1. The summed E-state index contributed by atoms with van der Waals surface area (Å²) in [5.74, 6) is -0.535. The van der Waals surface area contributed by atoms with Crippen LogP contribution in [0, 0.1) is 0 Å². The Labute approximate surface area is 162 Å². The molecule has 144 valence electrons. The summed E-state index contributed by atoms with van der Waals surface area (Å²) in [5.41, 5.74) is 1.62. The van der Waals surface area contributed by atoms with Gasteiger partial charge in [0.25, 0.3) is 0 Å². The van der Waals surface area contributed by atoms with Crippen LogP contribution in [-0.2, 0) is 9.53 Å². The molecule has 0 aliphatic rings. The van der Waals surface area contributed by atoms with Crippen LogP contribution in [0.15, 0.2) is 30.3 Å². The van der Waals surface area contributed by atoms with E-state index in [2.05, 4.69) is 10.6 Å². The smallest absolute Gasteiger partial charge is 0.341 e. The number of rotatable bonds is 8. The van der Waals surface area contributed by atoms with E-state index < -0.39 is 5.97 Å². The number of Topliss-reactive ketones (excluding diaryl/α,β-unsaturated/α-hetero) is 1. The van der Waals surface area contributed by atoms with E-state index >= 15 is 0 Å². The van der Waals surface area contributed by atoms with Crippen molar-refractivity contribution < 1.29 is 19.1 Å². The number of ether oxygens (including phenoxy) is 1. The van der Waals surface area contributed by atoms with Crippen molar-refractivity contribution in [1.82, 2.24) is 0 Å². The van der Waals surface area contributed by atoms with Crippen molar-refractivity contribution in [3.05, 3.63) is 46.3 Å². The highest BCUT2D eigenvalue weighted by molar-refractivity contribution is 7.16. The highest BCUT2D eigenvalue weighted by atomic mass is 32.1. The van der Waals surface area contributed by atoms with Crippen molar-refractivity contribution in [3.63, 3.8) is 0 Å². The summed E-state index contributed by atoms with van der Waals surface area (Å²) in [5, 5.41) is 6.26. The summed E-state index contributed by atoms with van der Waals surface area (Å²) in [6, 6.07) is 8.72. The lowest BCUT2D eigenvalue weighted by Gasteiger charge is -2.09. The fourth-order valence-electron chi connectivity index (χ4n) is 2.35. The van der Waals surface area contributed by atoms with Crippen LogP contribution in [0.25, 0.3) is 0 Å². The van der Waals surface area contributed by atoms with Crippen molar-refractivity contribution in [2.45, 2.75) is 33.6 Å². The number of carbonyl (C=O) groups excluding carboxylic acids is 3. The lowest BCUT2D eigenvalue weighted by atomic mass is 10.1. The monoisotopic (exact) mass is 388 g/mol. The topological polar surface area (TPSA) is 84.5 Å². The molecule has 1 heterocycles. The Bertz CT molecular complexity index is 842. The first-order valence-corrected chi connectivity index (χ1v) is 9.59. The lowest BCUT2D eigenvalue weighted by molar-refractivity contribution is -0.114. The molecule has 0 bridgehead atoms. The van der Waals surface area contributed by atoms with Crippen molar-refractivity contribution in [2.75, 3.05) is 23.8 Å². The molecule has 0 aliphatic carbocycles. The molecule has 0 aliphatic heterocycles. The zero-order valence-electron chi connectivity index (χ0n) is 15.9. The molecular formula is C20H24N2O4S. The summed E-state index contributed by atoms with van der Waals surface area (Å²) >= 11 is 1.37. The van der Waals surface area contributed by atoms with Gasteiger partial charge in [0, 0.05) is 16.1 Å². The number of esters is 1. The Hall–Kier alpha value is -2.67. The number of hydrogen-bond acceptors (Lipinski definition) is 6. The van der Waals surface area contributed by atoms with Gasteiger partial charge >= 0.3 is 5.97 Å². The molecule has 0 unspecified atom stereocenters. The third-order valence-corrected chi connectivity index (χ3v) is 5.14. The number of hydrogen-bond donors (Lipinski definition) is 2. The Morgan fingerprint density at radius 2 is 1.93 bits per heavy atom. The van der Waals surface area contributed by atoms with Gasteiger partial charge in [0.15, 0.2) is 5.78 Å². The zero-order chi connectivity index (χ0) is 20.0. The van der Waals surface area contributed by atoms with Crippen LogP contribution in [0.5, 0.6) is 0 Å². The van der Waals surface area contributed by atoms with Gasteiger partial charge in [-0.15, -0.1) is 11.3 Å². The number of anilines is 2. The lowest BCUT2D eigenvalue weighted by Crippen LogP contribution is -2.22. The van der Waals surface area contributed by atoms with E-state index in [9.17, 15) is 14.4 Å². The maximum atomic E-state index is 12.3. The van der Waals surface area contributed by atoms with Gasteiger partial charge in [0.05, 0.1) is 18.7 Å². The third-order valence-electron chi connectivity index (χ3n) is 3.79. The normalized spacial score (nSPS) is 10.6. The second-order valence-corrected chi connectivity index (χ2v) is 7.39. The van der Waals surface area contributed by atoms with E-state index in [1.165, 1.54) is 18.3 Å². The van der Waals surface area contributed by atoms with Gasteiger partial charge in [0.1, 0.15) is 5.00 Å². The molecule has 1 amide bonds. The van der Waals surface area contributed by atoms with Gasteiger partial charge < -0.3 is 15.4 Å². The Morgan fingerprint density at radius 3 is 2.56 bits per heavy atom. The summed E-state index contributed by atoms with van der Waals surface area (Å²) < 4.78 is 5.08. The predicted octanol–water partition coefficient (Wildman–Crippen LogP) is 4.30. The quantitative estimate of drug-likeness (QED) is 0.520. The average molecular weight is 388 g/mol. The maximum absolute atomic E-state index is 12.3. The van der Waals surface area contributed by atoms with Gasteiger partial charge in [-0.3, -0.25) is 9.59 Å². The van der Waals surface area contributed by atoms with Gasteiger partial charge in [-0.1, -0.05) is 26.0 Å². The Balaban J connectivity index is 2.07. The fraction of sp³-hybridized carbons (Fsp3) is 0.350. The summed E-state index contributed by atoms with van der Waals surface area (Å²) in [6.45, 7) is 7.56. The molecule has 2 rings (SSSR count). The first-order valence-electron chi connectivity index (χ1n) is 8.77. The Morgan fingerprint density at radius 1 is 1.19 bits per heavy atom. The SMILES string of the molecule is CCOC(=O)c1cc(C(C)C)sc1NC(=O)CNc1cccc(C(C)=O)c1. The Kier molecular flexibility index (Phi) is 7.12. The first-order chi connectivity index (χ1) is 12.8. The molecule has 0 atom stereocenters. The molecule has 2 aromatic rings. The van der Waals surface area contributed by atoms with E-state index in [1.807, 2.05) is 13.8 Å². The molecule has 0 saturated carbocycles. The largest absolute Gasteiger partial charge is 0.462 e. The predicted molar refractivity (Wildman–Crippen MR) is 108 cm³/mol. The summed E-state index contributed by atoms with van der Waals surface area (Å²) in [7, 11) is 0. The zero-order valence-corrected chi connectivity index (χ0v) is 16.7. The second-order valence-electron chi connectivity index (χ2n) is 6.31. The van der Waals surface area contributed by atoms with E-state index in [0.717, 1.165) is 4.88 Å². The van der Waals surface area contributed by atoms with Gasteiger partial charge in [-0.05, 0) is 38.0 Å². The molecule has 0 spiro atoms. The van der Waals surface area contributed by atoms with E-state index in [0.29, 0.717) is 21.8 Å². The minimum atomic E-state index is -0.446. The highest BCUT2D eigenvalue weighted by Gasteiger charge is 2.20. The van der Waals surface area contributed by atoms with E-state index in [4.69, 9.17) is 4.74 Å². The van der Waals surface area contributed by atoms with Crippen LogP contribution < -0.4 is 10.6 Å². The van der Waals surface area contributed by atoms with Gasteiger partial charge in [-0.2, -0.15) is 0 Å². The number of thiophene rings is 1. The van der Waals surface area contributed by atoms with Crippen LogP contribution >= 0.6 is 11.3 Å². The number of carbonyl (C=O) groups is 3. The molecule has 27 heavy (non-hydrogen) atoms. The van der Waals surface area contributed by atoms with Crippen LogP contribution in [0.2, 0.25) is 0 Å². The molecule has 0 fully saturated rings. The highest BCUT2D eigenvalue weighted by Crippen LogP contribution is 2.33. The van der Waals surface area contributed by atoms with Crippen LogP contribution in [0.4, 0.5) is 10.7 Å². The van der Waals surface area contributed by atoms with Crippen LogP contribution in [0.3, 0.4) is 0 Å². The number of amides is 1.